The number of carboxylic acids is 2. The minimum Gasteiger partial charge on any atom is -0.481 e. The summed E-state index contributed by atoms with van der Waals surface area (Å²) in [4.78, 5) is 69.7. The Morgan fingerprint density at radius 2 is 1.49 bits per heavy atom. The number of amides is 3. The number of nitrogens with one attached hydrogen (secondary N) is 4. The Morgan fingerprint density at radius 1 is 0.837 bits per heavy atom. The molecule has 0 fully saturated rings. The number of aryl methyl sites for hydroxylation is 2. The second kappa shape index (κ2) is 22.9. The highest BCUT2D eigenvalue weighted by Crippen LogP contribution is 2.18. The number of hydrogen-bond acceptors (Lipinski definition) is 7. The molecule has 0 radical (unpaired) electrons. The summed E-state index contributed by atoms with van der Waals surface area (Å²) >= 11 is 0. The normalized spacial score (nSPS) is 10.5. The molecule has 1 aromatic heterocycles. The van der Waals surface area contributed by atoms with Gasteiger partial charge >= 0.3 is 11.9 Å². The summed E-state index contributed by atoms with van der Waals surface area (Å²) in [5, 5.41) is 27.1. The van der Waals surface area contributed by atoms with Crippen LogP contribution in [0.1, 0.15) is 43.5 Å². The number of aldehydes is 1. The van der Waals surface area contributed by atoms with Gasteiger partial charge in [-0.3, -0.25) is 24.0 Å². The van der Waals surface area contributed by atoms with E-state index in [0.29, 0.717) is 12.0 Å². The third-order valence-electron chi connectivity index (χ3n) is 6.54. The summed E-state index contributed by atoms with van der Waals surface area (Å²) in [5.74, 6) is -3.97. The number of methoxy groups -OCH3 is 1. The van der Waals surface area contributed by atoms with Crippen LogP contribution in [0.5, 0.6) is 0 Å². The first-order chi connectivity index (χ1) is 23.4. The molecule has 3 amide bonds. The quantitative estimate of drug-likeness (QED) is 0.121. The van der Waals surface area contributed by atoms with Gasteiger partial charge in [0, 0.05) is 31.9 Å². The zero-order valence-electron chi connectivity index (χ0n) is 28.5. The number of fused-ring (bicyclic) bond motifs is 2. The molecule has 0 aliphatic rings. The molecule has 0 aliphatic carbocycles. The maximum atomic E-state index is 12.1. The van der Waals surface area contributed by atoms with Crippen LogP contribution in [-0.4, -0.2) is 84.5 Å². The molecule has 0 bridgehead atoms. The Kier molecular flexibility index (Phi) is 19.4. The van der Waals surface area contributed by atoms with E-state index in [1.54, 1.807) is 21.1 Å². The van der Waals surface area contributed by atoms with Gasteiger partial charge in [-0.15, -0.1) is 0 Å². The van der Waals surface area contributed by atoms with Crippen molar-refractivity contribution in [2.75, 3.05) is 27.3 Å². The Balaban J connectivity index is 0.000000510. The molecule has 3 aromatic carbocycles. The standard InChI is InChI=1S/C20H24N4O6.C11H10.C3H6O2.C2H6O/c1-2-12-3-4-15-13(7-12)8-14(23-15)9-17(26)22-11-18(27)24-16(10-19(28)29)20(30)21-5-6-25;1-9-6-7-10-4-2-3-5-11(10)8-9;1-2-3(4)5;1-3-2/h3-4,6-8,16,23H,2,5,9-11H2,1H3,(H,21,30)(H,22,26)(H,24,27)(H,28,29);2-8H,1H3;2H2,1H3,(H,4,5);1-2H3. The summed E-state index contributed by atoms with van der Waals surface area (Å²) in [7, 11) is 3.25. The van der Waals surface area contributed by atoms with E-state index >= 15 is 0 Å². The summed E-state index contributed by atoms with van der Waals surface area (Å²) < 4.78 is 4.25. The average molecular weight is 679 g/mol. The van der Waals surface area contributed by atoms with Gasteiger partial charge in [0.1, 0.15) is 12.3 Å². The van der Waals surface area contributed by atoms with Gasteiger partial charge in [-0.1, -0.05) is 67.9 Å². The molecule has 0 saturated heterocycles. The number of aliphatic carboxylic acids is 2. The van der Waals surface area contributed by atoms with Gasteiger partial charge in [0.2, 0.25) is 17.7 Å². The lowest BCUT2D eigenvalue weighted by Gasteiger charge is -2.16. The van der Waals surface area contributed by atoms with Crippen molar-refractivity contribution in [3.8, 4) is 0 Å². The Bertz CT molecular complexity index is 1680. The maximum Gasteiger partial charge on any atom is 0.305 e. The first-order valence-electron chi connectivity index (χ1n) is 15.5. The molecule has 0 spiro atoms. The number of carbonyl (C=O) groups is 6. The molecule has 0 aliphatic heterocycles. The van der Waals surface area contributed by atoms with Crippen molar-refractivity contribution in [3.63, 3.8) is 0 Å². The average Bonchev–Trinajstić information content (AvgIpc) is 3.47. The van der Waals surface area contributed by atoms with Crippen LogP contribution < -0.4 is 16.0 Å². The van der Waals surface area contributed by atoms with Crippen molar-refractivity contribution < 1.29 is 43.7 Å². The summed E-state index contributed by atoms with van der Waals surface area (Å²) in [6.45, 7) is 5.05. The highest BCUT2D eigenvalue weighted by molar-refractivity contribution is 5.93. The Labute approximate surface area is 285 Å². The number of rotatable bonds is 12. The van der Waals surface area contributed by atoms with Crippen LogP contribution in [0, 0.1) is 6.92 Å². The van der Waals surface area contributed by atoms with Crippen molar-refractivity contribution in [1.82, 2.24) is 20.9 Å². The third-order valence-corrected chi connectivity index (χ3v) is 6.54. The lowest BCUT2D eigenvalue weighted by atomic mass is 10.1. The van der Waals surface area contributed by atoms with Crippen molar-refractivity contribution in [2.45, 2.75) is 52.5 Å². The highest BCUT2D eigenvalue weighted by Gasteiger charge is 2.23. The van der Waals surface area contributed by atoms with Gasteiger partial charge in [0.25, 0.3) is 0 Å². The molecule has 13 heteroatoms. The van der Waals surface area contributed by atoms with Crippen LogP contribution in [0.15, 0.2) is 66.7 Å². The molecule has 1 heterocycles. The van der Waals surface area contributed by atoms with Crippen LogP contribution in [-0.2, 0) is 46.3 Å². The molecule has 13 nitrogen and oxygen atoms in total. The van der Waals surface area contributed by atoms with Crippen molar-refractivity contribution in [1.29, 1.82) is 0 Å². The second-order valence-electron chi connectivity index (χ2n) is 10.7. The van der Waals surface area contributed by atoms with Gasteiger partial charge in [0.15, 0.2) is 0 Å². The predicted molar refractivity (Wildman–Crippen MR) is 187 cm³/mol. The van der Waals surface area contributed by atoms with Crippen molar-refractivity contribution in [3.05, 3.63) is 83.6 Å². The molecular weight excluding hydrogens is 632 g/mol. The predicted octanol–water partition coefficient (Wildman–Crippen LogP) is 3.56. The van der Waals surface area contributed by atoms with Crippen molar-refractivity contribution >= 4 is 57.6 Å². The Morgan fingerprint density at radius 3 is 2.08 bits per heavy atom. The number of carboxylic acid groups (broad SMARTS) is 2. The van der Waals surface area contributed by atoms with Gasteiger partial charge in [-0.2, -0.15) is 0 Å². The van der Waals surface area contributed by atoms with Crippen LogP contribution in [0.4, 0.5) is 0 Å². The highest BCUT2D eigenvalue weighted by atomic mass is 16.4. The van der Waals surface area contributed by atoms with Gasteiger partial charge in [0.05, 0.1) is 25.9 Å². The molecule has 49 heavy (non-hydrogen) atoms. The molecular formula is C36H46N4O9. The van der Waals surface area contributed by atoms with Gasteiger partial charge in [-0.05, 0) is 53.3 Å². The second-order valence-corrected chi connectivity index (χ2v) is 10.7. The molecule has 4 aromatic rings. The number of carbonyl (C=O) groups excluding carboxylic acids is 4. The van der Waals surface area contributed by atoms with E-state index in [1.807, 2.05) is 24.3 Å². The molecule has 1 unspecified atom stereocenters. The lowest BCUT2D eigenvalue weighted by Crippen LogP contribution is -2.50. The van der Waals surface area contributed by atoms with E-state index in [1.165, 1.54) is 21.9 Å². The van der Waals surface area contributed by atoms with Gasteiger partial charge < -0.3 is 40.7 Å². The van der Waals surface area contributed by atoms with E-state index in [4.69, 9.17) is 10.2 Å². The van der Waals surface area contributed by atoms with E-state index in [2.05, 4.69) is 82.0 Å². The fourth-order valence-corrected chi connectivity index (χ4v) is 4.18. The largest absolute Gasteiger partial charge is 0.481 e. The van der Waals surface area contributed by atoms with Crippen LogP contribution >= 0.6 is 0 Å². The Hall–Kier alpha value is -5.56. The molecule has 6 N–H and O–H groups in total. The number of aromatic nitrogens is 1. The van der Waals surface area contributed by atoms with Crippen LogP contribution in [0.2, 0.25) is 0 Å². The van der Waals surface area contributed by atoms with E-state index < -0.39 is 48.7 Å². The minimum absolute atomic E-state index is 0.0296. The minimum atomic E-state index is -1.35. The number of H-pyrrole nitrogens is 1. The third kappa shape index (κ3) is 16.7. The summed E-state index contributed by atoms with van der Waals surface area (Å²) in [6.07, 6.45) is 0.938. The smallest absolute Gasteiger partial charge is 0.305 e. The molecule has 264 valence electrons. The fourth-order valence-electron chi connectivity index (χ4n) is 4.18. The van der Waals surface area contributed by atoms with E-state index in [0.717, 1.165) is 17.3 Å². The van der Waals surface area contributed by atoms with Crippen LogP contribution in [0.3, 0.4) is 0 Å². The number of benzene rings is 3. The summed E-state index contributed by atoms with van der Waals surface area (Å²) in [6, 6.07) is 21.4. The molecule has 4 rings (SSSR count). The van der Waals surface area contributed by atoms with E-state index in [-0.39, 0.29) is 19.4 Å². The molecule has 1 atom stereocenters. The zero-order chi connectivity index (χ0) is 36.8. The monoisotopic (exact) mass is 678 g/mol. The van der Waals surface area contributed by atoms with Crippen LogP contribution in [0.25, 0.3) is 21.7 Å². The first-order valence-corrected chi connectivity index (χ1v) is 15.5. The molecule has 0 saturated carbocycles. The number of ether oxygens (including phenoxy) is 1. The van der Waals surface area contributed by atoms with E-state index in [9.17, 15) is 28.8 Å². The number of aromatic amines is 1. The zero-order valence-corrected chi connectivity index (χ0v) is 28.5. The first kappa shape index (κ1) is 41.5. The SMILES string of the molecule is CCC(=O)O.CCc1ccc2[nH]c(CC(=O)NCC(=O)NC(CC(=O)O)C(=O)NCC=O)cc2c1.COC.Cc1ccc2ccccc2c1. The van der Waals surface area contributed by atoms with Crippen molar-refractivity contribution in [2.24, 2.45) is 0 Å². The fraction of sp³-hybridized carbons (Fsp3) is 0.333. The maximum absolute atomic E-state index is 12.1. The number of hydrogen-bond donors (Lipinski definition) is 6. The van der Waals surface area contributed by atoms with Gasteiger partial charge in [-0.25, -0.2) is 0 Å². The summed E-state index contributed by atoms with van der Waals surface area (Å²) in [5.41, 5.74) is 4.10. The topological polar surface area (TPSA) is 204 Å². The lowest BCUT2D eigenvalue weighted by molar-refractivity contribution is -0.140.